The van der Waals surface area contributed by atoms with Crippen molar-refractivity contribution in [3.8, 4) is 0 Å². The van der Waals surface area contributed by atoms with Gasteiger partial charge in [0.15, 0.2) is 0 Å². The van der Waals surface area contributed by atoms with Crippen molar-refractivity contribution in [3.63, 3.8) is 0 Å². The molecular formula is C28H44N4O4. The lowest BCUT2D eigenvalue weighted by molar-refractivity contribution is 0.0282. The van der Waals surface area contributed by atoms with Gasteiger partial charge in [0, 0.05) is 63.2 Å². The van der Waals surface area contributed by atoms with Gasteiger partial charge in [-0.2, -0.15) is 0 Å². The summed E-state index contributed by atoms with van der Waals surface area (Å²) in [5.74, 6) is 0.436. The average Bonchev–Trinajstić information content (AvgIpc) is 3.40. The number of likely N-dealkylation sites (tertiary alicyclic amines) is 1. The minimum Gasteiger partial charge on any atom is -0.444 e. The molecule has 1 N–H and O–H groups in total. The van der Waals surface area contributed by atoms with Crippen LogP contribution < -0.4 is 5.32 Å². The Balaban J connectivity index is 1.78. The first-order valence-electron chi connectivity index (χ1n) is 13.1. The fourth-order valence-corrected chi connectivity index (χ4v) is 4.95. The topological polar surface area (TPSA) is 76.0 Å². The first kappa shape index (κ1) is 28.0. The minimum atomic E-state index is -0.534. The third-order valence-corrected chi connectivity index (χ3v) is 6.78. The van der Waals surface area contributed by atoms with Crippen molar-refractivity contribution in [1.82, 2.24) is 19.7 Å². The predicted octanol–water partition coefficient (Wildman–Crippen LogP) is 4.23. The van der Waals surface area contributed by atoms with Gasteiger partial charge in [-0.05, 0) is 90.1 Å². The van der Waals surface area contributed by atoms with E-state index in [1.54, 1.807) is 12.0 Å². The summed E-state index contributed by atoms with van der Waals surface area (Å²) in [7, 11) is 3.64. The number of hydrogen-bond acceptors (Lipinski definition) is 5. The smallest absolute Gasteiger partial charge is 0.410 e. The van der Waals surface area contributed by atoms with Crippen molar-refractivity contribution < 1.29 is 19.1 Å². The number of aromatic nitrogens is 1. The van der Waals surface area contributed by atoms with Crippen LogP contribution in [0.25, 0.3) is 10.9 Å². The van der Waals surface area contributed by atoms with Crippen molar-refractivity contribution in [2.75, 3.05) is 46.9 Å². The van der Waals surface area contributed by atoms with Crippen LogP contribution in [0.1, 0.15) is 51.4 Å². The molecule has 1 aliphatic rings. The zero-order chi connectivity index (χ0) is 26.5. The van der Waals surface area contributed by atoms with Crippen LogP contribution in [0.5, 0.6) is 0 Å². The molecule has 0 radical (unpaired) electrons. The summed E-state index contributed by atoms with van der Waals surface area (Å²) in [5, 5.41) is 4.38. The molecule has 1 aliphatic heterocycles. The molecule has 0 unspecified atom stereocenters. The van der Waals surface area contributed by atoms with E-state index in [9.17, 15) is 9.59 Å². The summed E-state index contributed by atoms with van der Waals surface area (Å²) in [4.78, 5) is 30.2. The third-order valence-electron chi connectivity index (χ3n) is 6.78. The van der Waals surface area contributed by atoms with Crippen molar-refractivity contribution in [3.05, 3.63) is 36.0 Å². The number of methoxy groups -OCH3 is 1. The number of ether oxygens (including phenoxy) is 2. The number of benzene rings is 1. The number of fused-ring (bicyclic) bond motifs is 1. The second-order valence-electron chi connectivity index (χ2n) is 11.1. The van der Waals surface area contributed by atoms with Gasteiger partial charge in [0.05, 0.1) is 0 Å². The van der Waals surface area contributed by atoms with E-state index >= 15 is 0 Å². The Morgan fingerprint density at radius 2 is 1.89 bits per heavy atom. The maximum absolute atomic E-state index is 13.8. The van der Waals surface area contributed by atoms with Crippen LogP contribution in [0, 0.1) is 11.8 Å². The van der Waals surface area contributed by atoms with Crippen LogP contribution in [0.2, 0.25) is 0 Å². The summed E-state index contributed by atoms with van der Waals surface area (Å²) in [5.41, 5.74) is 1.22. The molecule has 8 nitrogen and oxygen atoms in total. The molecule has 36 heavy (non-hydrogen) atoms. The summed E-state index contributed by atoms with van der Waals surface area (Å²) < 4.78 is 13.0. The number of carbonyl (C=O) groups is 2. The summed E-state index contributed by atoms with van der Waals surface area (Å²) in [6.07, 6.45) is 2.70. The van der Waals surface area contributed by atoms with Crippen molar-refractivity contribution >= 4 is 22.9 Å². The van der Waals surface area contributed by atoms with E-state index in [2.05, 4.69) is 36.0 Å². The van der Waals surface area contributed by atoms with E-state index in [0.717, 1.165) is 30.4 Å². The van der Waals surface area contributed by atoms with Crippen LogP contribution in [0.15, 0.2) is 30.5 Å². The van der Waals surface area contributed by atoms with Gasteiger partial charge in [-0.1, -0.05) is 6.07 Å². The average molecular weight is 501 g/mol. The first-order chi connectivity index (χ1) is 17.0. The fourth-order valence-electron chi connectivity index (χ4n) is 4.95. The maximum Gasteiger partial charge on any atom is 0.410 e. The molecule has 8 heteroatoms. The molecule has 3 rings (SSSR count). The molecule has 1 fully saturated rings. The summed E-state index contributed by atoms with van der Waals surface area (Å²) >= 11 is 0. The monoisotopic (exact) mass is 500 g/mol. The molecule has 0 bridgehead atoms. The van der Waals surface area contributed by atoms with Gasteiger partial charge in [-0.3, -0.25) is 4.79 Å². The number of amides is 2. The zero-order valence-corrected chi connectivity index (χ0v) is 23.0. The van der Waals surface area contributed by atoms with E-state index in [1.807, 2.05) is 50.9 Å². The van der Waals surface area contributed by atoms with Crippen LogP contribution >= 0.6 is 0 Å². The quantitative estimate of drug-likeness (QED) is 0.494. The van der Waals surface area contributed by atoms with Gasteiger partial charge in [-0.25, -0.2) is 4.79 Å². The number of aryl methyl sites for hydroxylation is 1. The second-order valence-corrected chi connectivity index (χ2v) is 11.1. The fraction of sp³-hybridized carbons (Fsp3) is 0.643. The van der Waals surface area contributed by atoms with Gasteiger partial charge in [0.1, 0.15) is 5.60 Å². The Labute approximate surface area is 215 Å². The molecule has 2 aromatic rings. The number of nitrogens with zero attached hydrogens (tertiary/aromatic N) is 3. The number of nitrogens with one attached hydrogen (secondary N) is 1. The maximum atomic E-state index is 13.8. The van der Waals surface area contributed by atoms with E-state index in [1.165, 1.54) is 0 Å². The predicted molar refractivity (Wildman–Crippen MR) is 143 cm³/mol. The largest absolute Gasteiger partial charge is 0.444 e. The Hall–Kier alpha value is -2.58. The highest BCUT2D eigenvalue weighted by molar-refractivity contribution is 5.98. The minimum absolute atomic E-state index is 0.0236. The lowest BCUT2D eigenvalue weighted by atomic mass is 9.94. The van der Waals surface area contributed by atoms with E-state index in [4.69, 9.17) is 9.47 Å². The molecule has 1 aromatic carbocycles. The zero-order valence-electron chi connectivity index (χ0n) is 23.0. The second kappa shape index (κ2) is 12.1. The molecule has 0 saturated carbocycles. The lowest BCUT2D eigenvalue weighted by Crippen LogP contribution is -2.43. The SMILES string of the molecule is CNC[C@@H]1CN(C(=O)OC(C)(C)C)C[C@H]1CN(C(=O)c1ccc2ccn(CCCOC)c2c1)C(C)C. The van der Waals surface area contributed by atoms with Gasteiger partial charge < -0.3 is 29.2 Å². The molecular weight excluding hydrogens is 456 g/mol. The van der Waals surface area contributed by atoms with Gasteiger partial charge in [0.25, 0.3) is 5.91 Å². The Bertz CT molecular complexity index is 1030. The number of carbonyl (C=O) groups excluding carboxylic acids is 2. The molecule has 0 spiro atoms. The molecule has 0 aliphatic carbocycles. The van der Waals surface area contributed by atoms with Crippen molar-refractivity contribution in [2.45, 2.75) is 59.2 Å². The van der Waals surface area contributed by atoms with Crippen LogP contribution in [-0.2, 0) is 16.0 Å². The Morgan fingerprint density at radius 3 is 2.53 bits per heavy atom. The van der Waals surface area contributed by atoms with Crippen molar-refractivity contribution in [2.24, 2.45) is 11.8 Å². The van der Waals surface area contributed by atoms with E-state index < -0.39 is 5.60 Å². The highest BCUT2D eigenvalue weighted by Gasteiger charge is 2.38. The number of rotatable bonds is 10. The molecule has 200 valence electrons. The van der Waals surface area contributed by atoms with Gasteiger partial charge in [0.2, 0.25) is 0 Å². The van der Waals surface area contributed by atoms with Crippen molar-refractivity contribution in [1.29, 1.82) is 0 Å². The highest BCUT2D eigenvalue weighted by atomic mass is 16.6. The van der Waals surface area contributed by atoms with Crippen LogP contribution in [0.4, 0.5) is 4.79 Å². The molecule has 1 saturated heterocycles. The van der Waals surface area contributed by atoms with Crippen LogP contribution in [-0.4, -0.2) is 85.0 Å². The lowest BCUT2D eigenvalue weighted by Gasteiger charge is -2.31. The standard InChI is InChI=1S/C28H44N4O4/c1-20(2)32(19-24-18-31(17-23(24)16-29-6)27(34)36-28(3,4)5)26(33)22-10-9-21-11-13-30(25(21)15-22)12-8-14-35-7/h9-11,13,15,20,23-24,29H,8,12,14,16-19H2,1-7H3/t23-,24+/m1/s1. The molecule has 1 aromatic heterocycles. The van der Waals surface area contributed by atoms with Crippen LogP contribution in [0.3, 0.4) is 0 Å². The molecule has 2 heterocycles. The third kappa shape index (κ3) is 7.01. The molecule has 2 atom stereocenters. The summed E-state index contributed by atoms with van der Waals surface area (Å²) in [6.45, 7) is 13.9. The normalized spacial score (nSPS) is 18.3. The first-order valence-corrected chi connectivity index (χ1v) is 13.1. The van der Waals surface area contributed by atoms with Gasteiger partial charge >= 0.3 is 6.09 Å². The number of hydrogen-bond donors (Lipinski definition) is 1. The van der Waals surface area contributed by atoms with E-state index in [0.29, 0.717) is 31.8 Å². The van der Waals surface area contributed by atoms with Gasteiger partial charge in [-0.15, -0.1) is 0 Å². The summed E-state index contributed by atoms with van der Waals surface area (Å²) in [6, 6.07) is 8.08. The Morgan fingerprint density at radius 1 is 1.17 bits per heavy atom. The Kier molecular flexibility index (Phi) is 9.41. The highest BCUT2D eigenvalue weighted by Crippen LogP contribution is 2.28. The molecule has 2 amide bonds. The van der Waals surface area contributed by atoms with E-state index in [-0.39, 0.29) is 29.9 Å².